The van der Waals surface area contributed by atoms with Gasteiger partial charge in [0.25, 0.3) is 0 Å². The van der Waals surface area contributed by atoms with Gasteiger partial charge in [-0.2, -0.15) is 10.1 Å². The number of para-hydroxylation sites is 1. The van der Waals surface area contributed by atoms with Gasteiger partial charge in [-0.3, -0.25) is 0 Å². The Kier molecular flexibility index (Phi) is 5.92. The lowest BCUT2D eigenvalue weighted by molar-refractivity contribution is 0.105. The molecular weight excluding hydrogens is 370 g/mol. The van der Waals surface area contributed by atoms with Crippen LogP contribution >= 0.6 is 0 Å². The van der Waals surface area contributed by atoms with Gasteiger partial charge >= 0.3 is 6.09 Å². The van der Waals surface area contributed by atoms with Crippen LogP contribution in [-0.2, 0) is 4.74 Å². The molecule has 1 amide bonds. The van der Waals surface area contributed by atoms with Crippen molar-refractivity contribution in [3.05, 3.63) is 36.5 Å². The maximum absolute atomic E-state index is 11.9. The van der Waals surface area contributed by atoms with Crippen molar-refractivity contribution in [3.8, 4) is 0 Å². The minimum Gasteiger partial charge on any atom is -0.450 e. The summed E-state index contributed by atoms with van der Waals surface area (Å²) in [5.74, 6) is 1.48. The Morgan fingerprint density at radius 1 is 0.931 bits per heavy atom. The molecule has 0 N–H and O–H groups in total. The van der Waals surface area contributed by atoms with E-state index in [0.717, 1.165) is 32.0 Å². The number of ether oxygens (including phenoxy) is 1. The summed E-state index contributed by atoms with van der Waals surface area (Å²) in [6, 6.07) is 10.5. The summed E-state index contributed by atoms with van der Waals surface area (Å²) in [6.07, 6.45) is 1.48. The van der Waals surface area contributed by atoms with Gasteiger partial charge in [-0.05, 0) is 19.1 Å². The van der Waals surface area contributed by atoms with Crippen molar-refractivity contribution in [2.24, 2.45) is 0 Å². The zero-order chi connectivity index (χ0) is 20.1. The van der Waals surface area contributed by atoms with Crippen LogP contribution in [0.2, 0.25) is 0 Å². The van der Waals surface area contributed by atoms with Crippen molar-refractivity contribution < 1.29 is 9.53 Å². The Morgan fingerprint density at radius 3 is 2.28 bits per heavy atom. The normalized spacial score (nSPS) is 17.4. The maximum Gasteiger partial charge on any atom is 0.409 e. The largest absolute Gasteiger partial charge is 0.450 e. The van der Waals surface area contributed by atoms with Gasteiger partial charge in [0.15, 0.2) is 5.82 Å². The molecule has 2 fully saturated rings. The zero-order valence-electron chi connectivity index (χ0n) is 16.8. The molecule has 2 saturated heterocycles. The highest BCUT2D eigenvalue weighted by Crippen LogP contribution is 2.20. The molecule has 2 aliphatic rings. The molecule has 2 aliphatic heterocycles. The van der Waals surface area contributed by atoms with E-state index in [9.17, 15) is 4.79 Å². The summed E-state index contributed by atoms with van der Waals surface area (Å²) >= 11 is 0. The van der Waals surface area contributed by atoms with Crippen molar-refractivity contribution >= 4 is 23.5 Å². The van der Waals surface area contributed by atoms with E-state index in [2.05, 4.69) is 49.2 Å². The molecule has 29 heavy (non-hydrogen) atoms. The number of nitrogens with zero attached hydrogens (tertiary/aromatic N) is 7. The summed E-state index contributed by atoms with van der Waals surface area (Å²) in [6.45, 7) is 8.43. The van der Waals surface area contributed by atoms with Crippen LogP contribution in [0.25, 0.3) is 0 Å². The molecule has 1 aromatic heterocycles. The second-order valence-electron chi connectivity index (χ2n) is 7.10. The van der Waals surface area contributed by atoms with Crippen LogP contribution in [0.3, 0.4) is 0 Å². The summed E-state index contributed by atoms with van der Waals surface area (Å²) in [7, 11) is 0. The molecule has 0 spiro atoms. The average molecular weight is 397 g/mol. The monoisotopic (exact) mass is 397 g/mol. The van der Waals surface area contributed by atoms with E-state index in [1.54, 1.807) is 11.1 Å². The standard InChI is InChI=1S/C20H27N7O2/c1-2-29-20(28)27-14-12-26(13-15-27)19-22-18(16-21-23-19)25-10-8-24(9-11-25)17-6-4-3-5-7-17/h3-7,16H,2,8-15H2,1H3. The minimum absolute atomic E-state index is 0.253. The van der Waals surface area contributed by atoms with Crippen LogP contribution in [-0.4, -0.2) is 85.1 Å². The number of benzene rings is 1. The van der Waals surface area contributed by atoms with Gasteiger partial charge in [0.1, 0.15) is 0 Å². The van der Waals surface area contributed by atoms with Crippen molar-refractivity contribution in [1.29, 1.82) is 0 Å². The van der Waals surface area contributed by atoms with E-state index in [-0.39, 0.29) is 6.09 Å². The Bertz CT molecular complexity index is 803. The van der Waals surface area contributed by atoms with Crippen molar-refractivity contribution in [2.45, 2.75) is 6.92 Å². The van der Waals surface area contributed by atoms with Crippen molar-refractivity contribution in [3.63, 3.8) is 0 Å². The third-order valence-electron chi connectivity index (χ3n) is 5.35. The maximum atomic E-state index is 11.9. The second kappa shape index (κ2) is 8.93. The second-order valence-corrected chi connectivity index (χ2v) is 7.10. The Morgan fingerprint density at radius 2 is 1.59 bits per heavy atom. The first-order valence-corrected chi connectivity index (χ1v) is 10.2. The predicted molar refractivity (Wildman–Crippen MR) is 112 cm³/mol. The quantitative estimate of drug-likeness (QED) is 0.768. The molecule has 0 unspecified atom stereocenters. The first-order chi connectivity index (χ1) is 14.2. The minimum atomic E-state index is -0.253. The molecule has 0 radical (unpaired) electrons. The molecule has 1 aromatic carbocycles. The van der Waals surface area contributed by atoms with E-state index in [1.807, 2.05) is 13.0 Å². The van der Waals surface area contributed by atoms with Crippen LogP contribution in [0.1, 0.15) is 6.92 Å². The number of rotatable bonds is 4. The van der Waals surface area contributed by atoms with E-state index < -0.39 is 0 Å². The lowest BCUT2D eigenvalue weighted by Gasteiger charge is -2.37. The van der Waals surface area contributed by atoms with Crippen molar-refractivity contribution in [1.82, 2.24) is 20.1 Å². The average Bonchev–Trinajstić information content (AvgIpc) is 2.80. The SMILES string of the molecule is CCOC(=O)N1CCN(c2nncc(N3CCN(c4ccccc4)CC3)n2)CC1. The molecule has 154 valence electrons. The van der Waals surface area contributed by atoms with E-state index in [4.69, 9.17) is 9.72 Å². The summed E-state index contributed by atoms with van der Waals surface area (Å²) in [4.78, 5) is 25.1. The zero-order valence-corrected chi connectivity index (χ0v) is 16.8. The lowest BCUT2D eigenvalue weighted by Crippen LogP contribution is -2.50. The van der Waals surface area contributed by atoms with E-state index in [0.29, 0.717) is 38.7 Å². The Balaban J connectivity index is 1.34. The first kappa shape index (κ1) is 19.2. The Hall–Kier alpha value is -3.10. The van der Waals surface area contributed by atoms with Gasteiger partial charge in [0, 0.05) is 58.0 Å². The Labute approximate surface area is 170 Å². The van der Waals surface area contributed by atoms with Gasteiger partial charge in [-0.25, -0.2) is 4.79 Å². The molecule has 2 aromatic rings. The summed E-state index contributed by atoms with van der Waals surface area (Å²) in [5, 5.41) is 8.40. The molecule has 9 heteroatoms. The number of amides is 1. The third-order valence-corrected chi connectivity index (χ3v) is 5.35. The van der Waals surface area contributed by atoms with Gasteiger partial charge in [-0.1, -0.05) is 18.2 Å². The van der Waals surface area contributed by atoms with Crippen LogP contribution in [0.4, 0.5) is 22.2 Å². The van der Waals surface area contributed by atoms with Crippen LogP contribution in [0.15, 0.2) is 36.5 Å². The molecule has 0 saturated carbocycles. The predicted octanol–water partition coefficient (Wildman–Crippen LogP) is 1.48. The van der Waals surface area contributed by atoms with Crippen molar-refractivity contribution in [2.75, 3.05) is 73.7 Å². The molecule has 9 nitrogen and oxygen atoms in total. The topological polar surface area (TPSA) is 77.9 Å². The molecule has 0 atom stereocenters. The lowest BCUT2D eigenvalue weighted by atomic mass is 10.2. The first-order valence-electron chi connectivity index (χ1n) is 10.2. The summed E-state index contributed by atoms with van der Waals surface area (Å²) in [5.41, 5.74) is 1.26. The molecule has 0 bridgehead atoms. The molecule has 3 heterocycles. The molecule has 0 aliphatic carbocycles. The number of piperazine rings is 2. The van der Waals surface area contributed by atoms with Gasteiger partial charge < -0.3 is 24.3 Å². The van der Waals surface area contributed by atoms with Crippen LogP contribution < -0.4 is 14.7 Å². The number of anilines is 3. The smallest absolute Gasteiger partial charge is 0.409 e. The molecular formula is C20H27N7O2. The highest BCUT2D eigenvalue weighted by atomic mass is 16.6. The fourth-order valence-corrected chi connectivity index (χ4v) is 3.71. The summed E-state index contributed by atoms with van der Waals surface area (Å²) < 4.78 is 5.08. The van der Waals surface area contributed by atoms with Gasteiger partial charge in [-0.15, -0.1) is 5.10 Å². The van der Waals surface area contributed by atoms with E-state index >= 15 is 0 Å². The van der Waals surface area contributed by atoms with Gasteiger partial charge in [0.2, 0.25) is 5.95 Å². The number of aromatic nitrogens is 3. The van der Waals surface area contributed by atoms with Gasteiger partial charge in [0.05, 0.1) is 12.8 Å². The van der Waals surface area contributed by atoms with E-state index in [1.165, 1.54) is 5.69 Å². The molecule has 4 rings (SSSR count). The number of hydrogen-bond donors (Lipinski definition) is 0. The fraction of sp³-hybridized carbons (Fsp3) is 0.500. The highest BCUT2D eigenvalue weighted by Gasteiger charge is 2.25. The fourth-order valence-electron chi connectivity index (χ4n) is 3.71. The third kappa shape index (κ3) is 4.49. The number of hydrogen-bond acceptors (Lipinski definition) is 8. The highest BCUT2D eigenvalue weighted by molar-refractivity contribution is 5.68. The number of carbonyl (C=O) groups excluding carboxylic acids is 1. The van der Waals surface area contributed by atoms with Crippen LogP contribution in [0.5, 0.6) is 0 Å². The van der Waals surface area contributed by atoms with Crippen LogP contribution in [0, 0.1) is 0 Å². The number of carbonyl (C=O) groups is 1.